The summed E-state index contributed by atoms with van der Waals surface area (Å²) in [4.78, 5) is 13.0. The zero-order chi connectivity index (χ0) is 20.6. The van der Waals surface area contributed by atoms with E-state index in [-0.39, 0.29) is 17.1 Å². The van der Waals surface area contributed by atoms with E-state index in [9.17, 15) is 18.3 Å². The molecule has 1 aromatic heterocycles. The minimum atomic E-state index is -4.00. The van der Waals surface area contributed by atoms with Gasteiger partial charge < -0.3 is 5.11 Å². The van der Waals surface area contributed by atoms with Crippen LogP contribution in [0.4, 0.5) is 5.69 Å². The first-order chi connectivity index (χ1) is 13.3. The molecule has 0 atom stereocenters. The first-order valence-corrected chi connectivity index (χ1v) is 11.8. The lowest BCUT2D eigenvalue weighted by atomic mass is 9.90. The van der Waals surface area contributed by atoms with Crippen molar-refractivity contribution in [2.45, 2.75) is 62.2 Å². The molecule has 154 valence electrons. The van der Waals surface area contributed by atoms with Crippen molar-refractivity contribution >= 4 is 33.0 Å². The van der Waals surface area contributed by atoms with Crippen molar-refractivity contribution in [2.75, 3.05) is 4.41 Å². The Bertz CT molecular complexity index is 828. The van der Waals surface area contributed by atoms with Crippen molar-refractivity contribution in [2.24, 2.45) is 0 Å². The normalized spacial score (nSPS) is 12.0. The largest absolute Gasteiger partial charge is 0.380 e. The van der Waals surface area contributed by atoms with E-state index in [1.54, 1.807) is 41.8 Å². The number of carbonyl (C=O) groups is 1. The predicted molar refractivity (Wildman–Crippen MR) is 113 cm³/mol. The highest BCUT2D eigenvalue weighted by atomic mass is 32.2. The molecule has 0 aliphatic heterocycles. The lowest BCUT2D eigenvalue weighted by molar-refractivity contribution is -0.141. The van der Waals surface area contributed by atoms with Crippen molar-refractivity contribution in [3.63, 3.8) is 0 Å². The first-order valence-electron chi connectivity index (χ1n) is 9.52. The summed E-state index contributed by atoms with van der Waals surface area (Å²) < 4.78 is 27.2. The Morgan fingerprint density at radius 2 is 1.68 bits per heavy atom. The molecule has 0 fully saturated rings. The number of hydrogen-bond donors (Lipinski definition) is 2. The lowest BCUT2D eigenvalue weighted by Gasteiger charge is -2.31. The van der Waals surface area contributed by atoms with Gasteiger partial charge >= 0.3 is 0 Å². The zero-order valence-electron chi connectivity index (χ0n) is 16.3. The van der Waals surface area contributed by atoms with Crippen LogP contribution in [0.15, 0.2) is 52.1 Å². The molecular weight excluding hydrogens is 396 g/mol. The smallest absolute Gasteiger partial charge is 0.291 e. The molecule has 0 aliphatic carbocycles. The van der Waals surface area contributed by atoms with E-state index in [2.05, 4.69) is 5.43 Å². The summed E-state index contributed by atoms with van der Waals surface area (Å²) in [7, 11) is -4.00. The Balaban J connectivity index is 2.37. The van der Waals surface area contributed by atoms with Crippen LogP contribution in [0, 0.1) is 0 Å². The molecular formula is C20H28N2O4S2. The van der Waals surface area contributed by atoms with E-state index < -0.39 is 21.5 Å². The number of hydrogen-bond acceptors (Lipinski definition) is 5. The lowest BCUT2D eigenvalue weighted by Crippen LogP contribution is -2.55. The van der Waals surface area contributed by atoms with Gasteiger partial charge in [0.1, 0.15) is 9.81 Å². The van der Waals surface area contributed by atoms with Gasteiger partial charge in [0.2, 0.25) is 0 Å². The molecule has 2 N–H and O–H groups in total. The third-order valence-electron chi connectivity index (χ3n) is 4.49. The average Bonchev–Trinajstić information content (AvgIpc) is 3.25. The van der Waals surface area contributed by atoms with Gasteiger partial charge in [0.05, 0.1) is 5.69 Å². The molecule has 1 aromatic carbocycles. The molecule has 8 heteroatoms. The number of hydrazine groups is 1. The molecule has 1 heterocycles. The fourth-order valence-corrected chi connectivity index (χ4v) is 5.17. The third-order valence-corrected chi connectivity index (χ3v) is 7.50. The number of aliphatic hydroxyl groups is 1. The summed E-state index contributed by atoms with van der Waals surface area (Å²) >= 11 is 1.07. The summed E-state index contributed by atoms with van der Waals surface area (Å²) in [5.41, 5.74) is 1.18. The maximum Gasteiger partial charge on any atom is 0.291 e. The molecule has 0 spiro atoms. The van der Waals surface area contributed by atoms with Gasteiger partial charge in [-0.3, -0.25) is 10.2 Å². The minimum absolute atomic E-state index is 0.113. The quantitative estimate of drug-likeness (QED) is 0.532. The summed E-state index contributed by atoms with van der Waals surface area (Å²) in [6, 6.07) is 11.5. The van der Waals surface area contributed by atoms with E-state index in [0.717, 1.165) is 28.6 Å². The number of nitrogens with zero attached hydrogens (tertiary/aromatic N) is 1. The second-order valence-electron chi connectivity index (χ2n) is 6.72. The van der Waals surface area contributed by atoms with Crippen LogP contribution in [0.5, 0.6) is 0 Å². The number of anilines is 1. The Hall–Kier alpha value is -1.90. The number of rotatable bonds is 11. The van der Waals surface area contributed by atoms with E-state index in [0.29, 0.717) is 18.5 Å². The Morgan fingerprint density at radius 3 is 2.18 bits per heavy atom. The van der Waals surface area contributed by atoms with Gasteiger partial charge in [-0.15, -0.1) is 11.3 Å². The number of thiophene rings is 1. The summed E-state index contributed by atoms with van der Waals surface area (Å²) in [6.45, 7) is 3.96. The molecule has 0 saturated heterocycles. The average molecular weight is 425 g/mol. The first kappa shape index (κ1) is 22.4. The van der Waals surface area contributed by atoms with Crippen molar-refractivity contribution in [3.05, 3.63) is 47.8 Å². The minimum Gasteiger partial charge on any atom is -0.380 e. The molecule has 0 saturated carbocycles. The number of benzene rings is 1. The van der Waals surface area contributed by atoms with Gasteiger partial charge in [-0.2, -0.15) is 12.8 Å². The van der Waals surface area contributed by atoms with Crippen LogP contribution in [0.3, 0.4) is 0 Å². The highest BCUT2D eigenvalue weighted by Crippen LogP contribution is 2.27. The van der Waals surface area contributed by atoms with Crippen LogP contribution in [0.2, 0.25) is 0 Å². The molecule has 1 amide bonds. The van der Waals surface area contributed by atoms with Gasteiger partial charge in [0, 0.05) is 0 Å². The molecule has 0 aliphatic rings. The molecule has 0 unspecified atom stereocenters. The standard InChI is InChI=1S/C20H28N2O4S2/c1-3-5-14-20(24,15-6-4-2)19(23)21-22(17-11-8-7-9-12-17)28(25,26)18-13-10-16-27-18/h7-13,16,24H,3-6,14-15H2,1-2H3,(H,21,23). The van der Waals surface area contributed by atoms with E-state index >= 15 is 0 Å². The third kappa shape index (κ3) is 5.33. The Morgan fingerprint density at radius 1 is 1.07 bits per heavy atom. The number of carbonyl (C=O) groups excluding carboxylic acids is 1. The maximum atomic E-state index is 13.1. The van der Waals surface area contributed by atoms with Gasteiger partial charge in [-0.05, 0) is 36.4 Å². The molecule has 2 aromatic rings. The number of unbranched alkanes of at least 4 members (excludes halogenated alkanes) is 2. The predicted octanol–water partition coefficient (Wildman–Crippen LogP) is 4.09. The molecule has 28 heavy (non-hydrogen) atoms. The van der Waals surface area contributed by atoms with Crippen LogP contribution in [-0.4, -0.2) is 25.0 Å². The Kier molecular flexibility index (Phi) is 8.03. The second-order valence-corrected chi connectivity index (χ2v) is 9.68. The van der Waals surface area contributed by atoms with Gasteiger partial charge in [-0.1, -0.05) is 63.8 Å². The van der Waals surface area contributed by atoms with Crippen molar-refractivity contribution in [1.29, 1.82) is 0 Å². The highest BCUT2D eigenvalue weighted by Gasteiger charge is 2.38. The fraction of sp³-hybridized carbons (Fsp3) is 0.450. The van der Waals surface area contributed by atoms with Crippen LogP contribution in [-0.2, 0) is 14.8 Å². The summed E-state index contributed by atoms with van der Waals surface area (Å²) in [5, 5.41) is 12.7. The highest BCUT2D eigenvalue weighted by molar-refractivity contribution is 7.94. The number of para-hydroxylation sites is 1. The second kappa shape index (κ2) is 10.0. The van der Waals surface area contributed by atoms with E-state index in [4.69, 9.17) is 0 Å². The van der Waals surface area contributed by atoms with Gasteiger partial charge in [-0.25, -0.2) is 0 Å². The van der Waals surface area contributed by atoms with Crippen LogP contribution >= 0.6 is 11.3 Å². The monoisotopic (exact) mass is 424 g/mol. The van der Waals surface area contributed by atoms with Crippen LogP contribution in [0.25, 0.3) is 0 Å². The zero-order valence-corrected chi connectivity index (χ0v) is 17.9. The van der Waals surface area contributed by atoms with Gasteiger partial charge in [0.15, 0.2) is 0 Å². The van der Waals surface area contributed by atoms with Crippen LogP contribution in [0.1, 0.15) is 52.4 Å². The summed E-state index contributed by atoms with van der Waals surface area (Å²) in [6.07, 6.45) is 3.59. The van der Waals surface area contributed by atoms with Crippen molar-refractivity contribution in [1.82, 2.24) is 5.43 Å². The maximum absolute atomic E-state index is 13.1. The van der Waals surface area contributed by atoms with Gasteiger partial charge in [0.25, 0.3) is 15.9 Å². The number of amides is 1. The van der Waals surface area contributed by atoms with Crippen molar-refractivity contribution < 1.29 is 18.3 Å². The molecule has 6 nitrogen and oxygen atoms in total. The fourth-order valence-electron chi connectivity index (χ4n) is 2.81. The topological polar surface area (TPSA) is 86.7 Å². The molecule has 2 rings (SSSR count). The number of sulfonamides is 1. The summed E-state index contributed by atoms with van der Waals surface area (Å²) in [5.74, 6) is -0.696. The van der Waals surface area contributed by atoms with Crippen molar-refractivity contribution in [3.8, 4) is 0 Å². The Labute approximate surface area is 171 Å². The van der Waals surface area contributed by atoms with Crippen LogP contribution < -0.4 is 9.84 Å². The van der Waals surface area contributed by atoms with E-state index in [1.807, 2.05) is 13.8 Å². The number of nitrogens with one attached hydrogen (secondary N) is 1. The molecule has 0 radical (unpaired) electrons. The molecule has 0 bridgehead atoms. The van der Waals surface area contributed by atoms with E-state index in [1.165, 1.54) is 6.07 Å². The SMILES string of the molecule is CCCCC(O)(CCCC)C(=O)NN(c1ccccc1)S(=O)(=O)c1cccs1.